The van der Waals surface area contributed by atoms with Crippen molar-refractivity contribution in [1.82, 2.24) is 5.32 Å². The maximum Gasteiger partial charge on any atom is 0.0960 e. The summed E-state index contributed by atoms with van der Waals surface area (Å²) in [6.45, 7) is 7.47. The molecule has 1 heterocycles. The van der Waals surface area contributed by atoms with E-state index in [1.54, 1.807) is 11.3 Å². The third kappa shape index (κ3) is 2.97. The van der Waals surface area contributed by atoms with Crippen LogP contribution < -0.4 is 5.32 Å². The summed E-state index contributed by atoms with van der Waals surface area (Å²) in [4.78, 5) is 1.33. The highest BCUT2D eigenvalue weighted by atomic mass is 35.5. The zero-order chi connectivity index (χ0) is 9.84. The second-order valence-corrected chi connectivity index (χ2v) is 4.97. The lowest BCUT2D eigenvalue weighted by Crippen LogP contribution is -2.18. The minimum Gasteiger partial charge on any atom is -0.309 e. The highest BCUT2D eigenvalue weighted by molar-refractivity contribution is 7.16. The van der Waals surface area contributed by atoms with Gasteiger partial charge in [0.25, 0.3) is 0 Å². The molecule has 0 fully saturated rings. The molecular weight excluding hydrogens is 202 g/mol. The molecule has 13 heavy (non-hydrogen) atoms. The molecule has 1 nitrogen and oxygen atoms in total. The van der Waals surface area contributed by atoms with Crippen molar-refractivity contribution in [1.29, 1.82) is 0 Å². The molecule has 74 valence electrons. The van der Waals surface area contributed by atoms with Crippen LogP contribution in [0.1, 0.15) is 36.8 Å². The van der Waals surface area contributed by atoms with Crippen molar-refractivity contribution in [3.8, 4) is 0 Å². The largest absolute Gasteiger partial charge is 0.309 e. The molecule has 0 amide bonds. The van der Waals surface area contributed by atoms with Gasteiger partial charge in [-0.2, -0.15) is 0 Å². The van der Waals surface area contributed by atoms with E-state index in [4.69, 9.17) is 11.6 Å². The van der Waals surface area contributed by atoms with E-state index >= 15 is 0 Å². The highest BCUT2D eigenvalue weighted by Crippen LogP contribution is 2.30. The van der Waals surface area contributed by atoms with E-state index in [-0.39, 0.29) is 0 Å². The predicted molar refractivity (Wildman–Crippen MR) is 60.8 cm³/mol. The van der Waals surface area contributed by atoms with Gasteiger partial charge in [-0.15, -0.1) is 11.3 Å². The van der Waals surface area contributed by atoms with Crippen LogP contribution in [-0.4, -0.2) is 6.54 Å². The van der Waals surface area contributed by atoms with Crippen LogP contribution in [0.5, 0.6) is 0 Å². The topological polar surface area (TPSA) is 12.0 Å². The van der Waals surface area contributed by atoms with E-state index in [0.717, 1.165) is 10.9 Å². The number of thiophene rings is 1. The van der Waals surface area contributed by atoms with Gasteiger partial charge in [-0.1, -0.05) is 18.5 Å². The lowest BCUT2D eigenvalue weighted by Gasteiger charge is -2.10. The van der Waals surface area contributed by atoms with Gasteiger partial charge in [0.05, 0.1) is 4.34 Å². The van der Waals surface area contributed by atoms with Crippen LogP contribution in [0.4, 0.5) is 0 Å². The van der Waals surface area contributed by atoms with Crippen molar-refractivity contribution in [2.75, 3.05) is 6.54 Å². The van der Waals surface area contributed by atoms with Crippen LogP contribution in [0, 0.1) is 6.92 Å². The Hall–Kier alpha value is -0.0500. The first-order valence-electron chi connectivity index (χ1n) is 4.64. The Morgan fingerprint density at radius 1 is 1.62 bits per heavy atom. The van der Waals surface area contributed by atoms with Gasteiger partial charge in [0.1, 0.15) is 0 Å². The monoisotopic (exact) mass is 217 g/mol. The van der Waals surface area contributed by atoms with Crippen molar-refractivity contribution in [2.24, 2.45) is 0 Å². The molecule has 1 unspecified atom stereocenters. The molecule has 1 N–H and O–H groups in total. The van der Waals surface area contributed by atoms with Crippen LogP contribution in [0.15, 0.2) is 6.07 Å². The fraction of sp³-hybridized carbons (Fsp3) is 0.600. The van der Waals surface area contributed by atoms with E-state index in [1.165, 1.54) is 16.9 Å². The molecule has 1 atom stereocenters. The van der Waals surface area contributed by atoms with Crippen molar-refractivity contribution in [3.63, 3.8) is 0 Å². The summed E-state index contributed by atoms with van der Waals surface area (Å²) in [7, 11) is 0. The molecule has 0 saturated carbocycles. The lowest BCUT2D eigenvalue weighted by molar-refractivity contribution is 0.578. The molecule has 3 heteroatoms. The summed E-state index contributed by atoms with van der Waals surface area (Å²) in [6.07, 6.45) is 1.17. The summed E-state index contributed by atoms with van der Waals surface area (Å²) >= 11 is 7.67. The zero-order valence-electron chi connectivity index (χ0n) is 8.36. The molecule has 1 rings (SSSR count). The van der Waals surface area contributed by atoms with Crippen LogP contribution in [0.2, 0.25) is 4.34 Å². The summed E-state index contributed by atoms with van der Waals surface area (Å²) in [6, 6.07) is 2.59. The number of hydrogen-bond donors (Lipinski definition) is 1. The first-order chi connectivity index (χ1) is 6.15. The summed E-state index contributed by atoms with van der Waals surface area (Å²) in [5.41, 5.74) is 1.19. The lowest BCUT2D eigenvalue weighted by atomic mass is 10.2. The normalized spacial score (nSPS) is 13.2. The third-order valence-corrected chi connectivity index (χ3v) is 3.74. The second-order valence-electron chi connectivity index (χ2n) is 3.28. The molecule has 1 aromatic rings. The number of nitrogens with one attached hydrogen (secondary N) is 1. The van der Waals surface area contributed by atoms with Crippen molar-refractivity contribution < 1.29 is 0 Å². The minimum absolute atomic E-state index is 0.427. The summed E-state index contributed by atoms with van der Waals surface area (Å²) in [5, 5.41) is 3.44. The first kappa shape index (κ1) is 11.0. The van der Waals surface area contributed by atoms with Crippen molar-refractivity contribution in [3.05, 3.63) is 20.8 Å². The molecule has 0 aliphatic carbocycles. The standard InChI is InChI=1S/C10H16ClNS/c1-4-5-12-8(3)9-6-7(2)10(11)13-9/h6,8,12H,4-5H2,1-3H3. The maximum atomic E-state index is 6.00. The number of halogens is 1. The fourth-order valence-corrected chi connectivity index (χ4v) is 2.40. The molecule has 0 aromatic carbocycles. The second kappa shape index (κ2) is 4.99. The van der Waals surface area contributed by atoms with Gasteiger partial charge >= 0.3 is 0 Å². The maximum absolute atomic E-state index is 6.00. The van der Waals surface area contributed by atoms with E-state index < -0.39 is 0 Å². The molecule has 0 radical (unpaired) electrons. The van der Waals surface area contributed by atoms with E-state index in [9.17, 15) is 0 Å². The Morgan fingerprint density at radius 3 is 2.77 bits per heavy atom. The average Bonchev–Trinajstić information content (AvgIpc) is 2.43. The molecule has 0 aliphatic rings. The van der Waals surface area contributed by atoms with Gasteiger partial charge in [0.15, 0.2) is 0 Å². The van der Waals surface area contributed by atoms with Crippen LogP contribution in [0.3, 0.4) is 0 Å². The number of hydrogen-bond acceptors (Lipinski definition) is 2. The van der Waals surface area contributed by atoms with Gasteiger partial charge in [-0.3, -0.25) is 0 Å². The van der Waals surface area contributed by atoms with Crippen molar-refractivity contribution >= 4 is 22.9 Å². The number of aryl methyl sites for hydroxylation is 1. The average molecular weight is 218 g/mol. The van der Waals surface area contributed by atoms with Crippen LogP contribution >= 0.6 is 22.9 Å². The molecule has 0 bridgehead atoms. The van der Waals surface area contributed by atoms with Gasteiger partial charge in [0.2, 0.25) is 0 Å². The van der Waals surface area contributed by atoms with Gasteiger partial charge in [0, 0.05) is 10.9 Å². The zero-order valence-corrected chi connectivity index (χ0v) is 9.93. The van der Waals surface area contributed by atoms with E-state index in [0.29, 0.717) is 6.04 Å². The smallest absolute Gasteiger partial charge is 0.0960 e. The summed E-state index contributed by atoms with van der Waals surface area (Å²) < 4.78 is 0.917. The summed E-state index contributed by atoms with van der Waals surface area (Å²) in [5.74, 6) is 0. The van der Waals surface area contributed by atoms with E-state index in [1.807, 2.05) is 0 Å². The predicted octanol–water partition coefficient (Wildman–Crippen LogP) is 3.77. The van der Waals surface area contributed by atoms with Gasteiger partial charge < -0.3 is 5.32 Å². The Morgan fingerprint density at radius 2 is 2.31 bits per heavy atom. The fourth-order valence-electron chi connectivity index (χ4n) is 1.16. The van der Waals surface area contributed by atoms with Gasteiger partial charge in [-0.25, -0.2) is 0 Å². The first-order valence-corrected chi connectivity index (χ1v) is 5.83. The van der Waals surface area contributed by atoms with Crippen molar-refractivity contribution in [2.45, 2.75) is 33.2 Å². The molecule has 1 aromatic heterocycles. The third-order valence-electron chi connectivity index (χ3n) is 2.00. The number of rotatable bonds is 4. The molecule has 0 aliphatic heterocycles. The van der Waals surface area contributed by atoms with Gasteiger partial charge in [-0.05, 0) is 38.4 Å². The molecule has 0 spiro atoms. The Kier molecular flexibility index (Phi) is 4.23. The van der Waals surface area contributed by atoms with Crippen LogP contribution in [0.25, 0.3) is 0 Å². The Labute approximate surface area is 89.1 Å². The highest BCUT2D eigenvalue weighted by Gasteiger charge is 2.09. The van der Waals surface area contributed by atoms with Crippen LogP contribution in [-0.2, 0) is 0 Å². The minimum atomic E-state index is 0.427. The quantitative estimate of drug-likeness (QED) is 0.810. The van der Waals surface area contributed by atoms with E-state index in [2.05, 4.69) is 32.2 Å². The Balaban J connectivity index is 2.60. The Bertz CT molecular complexity index is 250. The molecule has 0 saturated heterocycles. The molecular formula is C10H16ClNS. The SMILES string of the molecule is CCCNC(C)c1cc(C)c(Cl)s1.